The highest BCUT2D eigenvalue weighted by atomic mass is 19.1. The normalized spacial score (nSPS) is 18.4. The summed E-state index contributed by atoms with van der Waals surface area (Å²) in [5.41, 5.74) is 1.76. The molecule has 9 nitrogen and oxygen atoms in total. The molecule has 0 unspecified atom stereocenters. The minimum absolute atomic E-state index is 0.00614. The van der Waals surface area contributed by atoms with Gasteiger partial charge < -0.3 is 25.4 Å². The van der Waals surface area contributed by atoms with Crippen LogP contribution in [0.3, 0.4) is 0 Å². The first-order valence-corrected chi connectivity index (χ1v) is 15.0. The van der Waals surface area contributed by atoms with Crippen LogP contribution in [-0.2, 0) is 14.4 Å². The zero-order chi connectivity index (χ0) is 31.0. The average molecular weight is 595 g/mol. The lowest BCUT2D eigenvalue weighted by atomic mass is 9.92. The Morgan fingerprint density at radius 1 is 1.26 bits per heavy atom. The predicted molar refractivity (Wildman–Crippen MR) is 164 cm³/mol. The van der Waals surface area contributed by atoms with Gasteiger partial charge in [0.2, 0.25) is 11.8 Å². The Morgan fingerprint density at radius 3 is 2.70 bits per heavy atom. The van der Waals surface area contributed by atoms with Gasteiger partial charge in [0.1, 0.15) is 19.0 Å². The van der Waals surface area contributed by atoms with Crippen molar-refractivity contribution in [3.63, 3.8) is 0 Å². The predicted octanol–water partition coefficient (Wildman–Crippen LogP) is 3.90. The quantitative estimate of drug-likeness (QED) is 0.236. The van der Waals surface area contributed by atoms with Crippen LogP contribution in [0.5, 0.6) is 5.75 Å². The number of halogens is 1. The molecule has 3 N–H and O–H groups in total. The summed E-state index contributed by atoms with van der Waals surface area (Å²) < 4.78 is 17.4. The summed E-state index contributed by atoms with van der Waals surface area (Å²) in [6.07, 6.45) is 7.53. The number of nitrogens with one attached hydrogen (secondary N) is 2. The van der Waals surface area contributed by atoms with Gasteiger partial charge in [0.25, 0.3) is 0 Å². The number of aliphatic carboxylic acids is 1. The first kappa shape index (κ1) is 33.5. The third kappa shape index (κ3) is 12.0. The van der Waals surface area contributed by atoms with E-state index in [-0.39, 0.29) is 24.8 Å². The number of carboxylic acid groups (broad SMARTS) is 1. The first-order valence-electron chi connectivity index (χ1n) is 15.0. The fraction of sp³-hybridized carbons (Fsp3) is 0.515. The van der Waals surface area contributed by atoms with Crippen LogP contribution in [0.1, 0.15) is 57.4 Å². The van der Waals surface area contributed by atoms with E-state index in [1.54, 1.807) is 36.1 Å². The number of carbonyl (C=O) groups is 3. The van der Waals surface area contributed by atoms with E-state index in [0.717, 1.165) is 44.3 Å². The van der Waals surface area contributed by atoms with Crippen LogP contribution >= 0.6 is 0 Å². The highest BCUT2D eigenvalue weighted by molar-refractivity contribution is 5.86. The third-order valence-corrected chi connectivity index (χ3v) is 7.63. The number of carboxylic acids is 1. The van der Waals surface area contributed by atoms with Gasteiger partial charge in [-0.2, -0.15) is 0 Å². The number of rotatable bonds is 13. The van der Waals surface area contributed by atoms with Crippen LogP contribution in [0.2, 0.25) is 0 Å². The maximum absolute atomic E-state index is 13.2. The van der Waals surface area contributed by atoms with Crippen LogP contribution in [0.4, 0.5) is 4.39 Å². The molecule has 0 spiro atoms. The summed E-state index contributed by atoms with van der Waals surface area (Å²) >= 11 is 0. The van der Waals surface area contributed by atoms with Gasteiger partial charge in [0, 0.05) is 43.1 Å². The largest absolute Gasteiger partial charge is 0.491 e. The van der Waals surface area contributed by atoms with Crippen molar-refractivity contribution in [1.82, 2.24) is 15.5 Å². The number of carbonyl (C=O) groups excluding carboxylic acids is 2. The molecule has 1 aromatic rings. The summed E-state index contributed by atoms with van der Waals surface area (Å²) in [7, 11) is 0. The Hall–Kier alpha value is -3.97. The van der Waals surface area contributed by atoms with Crippen molar-refractivity contribution in [3.05, 3.63) is 53.8 Å². The van der Waals surface area contributed by atoms with E-state index in [0.29, 0.717) is 48.7 Å². The molecule has 0 saturated carbocycles. The molecule has 2 aliphatic heterocycles. The highest BCUT2D eigenvalue weighted by Crippen LogP contribution is 2.22. The number of likely N-dealkylation sites (tertiary alicyclic amines) is 1. The van der Waals surface area contributed by atoms with E-state index >= 15 is 0 Å². The molecule has 3 rings (SSSR count). The van der Waals surface area contributed by atoms with Crippen molar-refractivity contribution < 1.29 is 28.6 Å². The van der Waals surface area contributed by atoms with Crippen LogP contribution in [0.15, 0.2) is 53.2 Å². The van der Waals surface area contributed by atoms with Gasteiger partial charge in [-0.1, -0.05) is 18.4 Å². The Balaban J connectivity index is 1.52. The molecular formula is C33H43FN4O5. The number of hydrogen-bond acceptors (Lipinski definition) is 6. The van der Waals surface area contributed by atoms with Gasteiger partial charge >= 0.3 is 5.97 Å². The van der Waals surface area contributed by atoms with Gasteiger partial charge in [-0.05, 0) is 87.9 Å². The molecule has 0 radical (unpaired) electrons. The zero-order valence-electron chi connectivity index (χ0n) is 24.9. The van der Waals surface area contributed by atoms with Crippen molar-refractivity contribution in [2.75, 3.05) is 39.5 Å². The van der Waals surface area contributed by atoms with Crippen molar-refractivity contribution in [1.29, 1.82) is 0 Å². The second-order valence-corrected chi connectivity index (χ2v) is 11.0. The monoisotopic (exact) mass is 594 g/mol. The molecule has 2 amide bonds. The summed E-state index contributed by atoms with van der Waals surface area (Å²) in [5, 5.41) is 15.6. The van der Waals surface area contributed by atoms with E-state index in [1.807, 2.05) is 0 Å². The SMILES string of the molecule is C=C(C=N/C=C(\C)C#Cc1ccc(OCCF)cc1)[C@H](CC(=O)O)NC(=O)[C@@H]1CCCN(C(=O)CCC2CCNCC2)C1. The minimum atomic E-state index is -1.07. The summed E-state index contributed by atoms with van der Waals surface area (Å²) in [4.78, 5) is 43.6. The van der Waals surface area contributed by atoms with Crippen molar-refractivity contribution in [2.24, 2.45) is 16.8 Å². The van der Waals surface area contributed by atoms with E-state index in [2.05, 4.69) is 34.0 Å². The van der Waals surface area contributed by atoms with Gasteiger partial charge in [0.15, 0.2) is 0 Å². The fourth-order valence-corrected chi connectivity index (χ4v) is 5.14. The maximum Gasteiger partial charge on any atom is 0.305 e. The molecule has 10 heteroatoms. The minimum Gasteiger partial charge on any atom is -0.491 e. The Morgan fingerprint density at radius 2 is 2.00 bits per heavy atom. The van der Waals surface area contributed by atoms with E-state index in [1.165, 1.54) is 12.4 Å². The molecule has 2 heterocycles. The lowest BCUT2D eigenvalue weighted by Crippen LogP contribution is -2.48. The second kappa shape index (κ2) is 17.9. The first-order chi connectivity index (χ1) is 20.7. The Labute approximate surface area is 253 Å². The zero-order valence-corrected chi connectivity index (χ0v) is 24.9. The molecule has 0 aliphatic carbocycles. The molecule has 43 heavy (non-hydrogen) atoms. The number of hydrogen-bond donors (Lipinski definition) is 3. The lowest BCUT2D eigenvalue weighted by molar-refractivity contribution is -0.137. The van der Waals surface area contributed by atoms with Gasteiger partial charge in [-0.3, -0.25) is 19.4 Å². The molecule has 0 aromatic heterocycles. The van der Waals surface area contributed by atoms with E-state index < -0.39 is 24.6 Å². The smallest absolute Gasteiger partial charge is 0.305 e. The topological polar surface area (TPSA) is 120 Å². The standard InChI is InChI=1S/C33H43FN4O5/c1-24(5-6-26-7-10-29(11-8-26)43-19-15-34)21-36-22-25(2)30(20-32(40)41)37-33(42)28-4-3-18-38(23-28)31(39)12-9-27-13-16-35-17-14-27/h7-8,10-11,21-22,27-28,30,35H,2-4,9,12-20,23H2,1H3,(H,37,42)(H,40,41)/b24-21+,36-22?/t28-,30+/m1/s1. The molecule has 2 aliphatic rings. The Kier molecular flexibility index (Phi) is 13.9. The summed E-state index contributed by atoms with van der Waals surface area (Å²) in [6, 6.07) is 6.15. The number of amides is 2. The van der Waals surface area contributed by atoms with E-state index in [4.69, 9.17) is 4.74 Å². The summed E-state index contributed by atoms with van der Waals surface area (Å²) in [5.74, 6) is 5.44. The van der Waals surface area contributed by atoms with Crippen LogP contribution in [-0.4, -0.2) is 79.5 Å². The van der Waals surface area contributed by atoms with Crippen LogP contribution in [0, 0.1) is 23.7 Å². The number of ether oxygens (including phenoxy) is 1. The molecule has 232 valence electrons. The van der Waals surface area contributed by atoms with Gasteiger partial charge in [0.05, 0.1) is 18.4 Å². The average Bonchev–Trinajstić information content (AvgIpc) is 3.02. The molecule has 2 saturated heterocycles. The van der Waals surface area contributed by atoms with Crippen LogP contribution in [0.25, 0.3) is 0 Å². The lowest BCUT2D eigenvalue weighted by Gasteiger charge is -2.33. The number of aliphatic imine (C=N–C) groups is 1. The van der Waals surface area contributed by atoms with Crippen molar-refractivity contribution >= 4 is 24.0 Å². The van der Waals surface area contributed by atoms with Crippen molar-refractivity contribution in [3.8, 4) is 17.6 Å². The molecular weight excluding hydrogens is 551 g/mol. The van der Waals surface area contributed by atoms with Crippen molar-refractivity contribution in [2.45, 2.75) is 57.9 Å². The number of alkyl halides is 1. The van der Waals surface area contributed by atoms with Gasteiger partial charge in [-0.15, -0.1) is 0 Å². The molecule has 1 aromatic carbocycles. The number of benzene rings is 1. The maximum atomic E-state index is 13.2. The third-order valence-electron chi connectivity index (χ3n) is 7.63. The van der Waals surface area contributed by atoms with Gasteiger partial charge in [-0.25, -0.2) is 4.39 Å². The fourth-order valence-electron chi connectivity index (χ4n) is 5.14. The summed E-state index contributed by atoms with van der Waals surface area (Å²) in [6.45, 7) is 8.15. The Bertz CT molecular complexity index is 1230. The molecule has 2 fully saturated rings. The number of nitrogens with zero attached hydrogens (tertiary/aromatic N) is 2. The second-order valence-electron chi connectivity index (χ2n) is 11.0. The highest BCUT2D eigenvalue weighted by Gasteiger charge is 2.30. The van der Waals surface area contributed by atoms with Crippen LogP contribution < -0.4 is 15.4 Å². The number of allylic oxidation sites excluding steroid dienone is 1. The molecule has 2 atom stereocenters. The molecule has 0 bridgehead atoms. The number of piperidine rings is 2. The van der Waals surface area contributed by atoms with E-state index in [9.17, 15) is 23.9 Å².